The first-order chi connectivity index (χ1) is 9.56. The third-order valence-electron chi connectivity index (χ3n) is 4.94. The molecule has 0 heterocycles. The summed E-state index contributed by atoms with van der Waals surface area (Å²) in [6.07, 6.45) is 9.55. The summed E-state index contributed by atoms with van der Waals surface area (Å²) in [6.45, 7) is 4.95. The van der Waals surface area contributed by atoms with E-state index in [1.54, 1.807) is 0 Å². The van der Waals surface area contributed by atoms with Crippen molar-refractivity contribution < 1.29 is 14.6 Å². The summed E-state index contributed by atoms with van der Waals surface area (Å²) < 4.78 is 4.69. The fourth-order valence-electron chi connectivity index (χ4n) is 3.17. The minimum Gasteiger partial charge on any atom is -0.469 e. The molecule has 0 aromatic rings. The van der Waals surface area contributed by atoms with Gasteiger partial charge in [0.05, 0.1) is 13.0 Å². The third-order valence-corrected chi connectivity index (χ3v) is 4.94. The summed E-state index contributed by atoms with van der Waals surface area (Å²) in [4.78, 5) is 11.1. The highest BCUT2D eigenvalue weighted by atomic mass is 16.5. The number of hydrogen-bond donors (Lipinski definition) is 1. The lowest BCUT2D eigenvalue weighted by atomic mass is 9.83. The summed E-state index contributed by atoms with van der Waals surface area (Å²) in [5.41, 5.74) is 0. The zero-order valence-corrected chi connectivity index (χ0v) is 13.4. The van der Waals surface area contributed by atoms with Crippen LogP contribution in [0.3, 0.4) is 0 Å². The minimum atomic E-state index is -0.0168. The van der Waals surface area contributed by atoms with E-state index in [1.165, 1.54) is 45.6 Å². The Labute approximate surface area is 131 Å². The molecule has 0 spiro atoms. The molecule has 0 aromatic carbocycles. The number of rotatable bonds is 2. The second kappa shape index (κ2) is 11.1. The first-order valence-corrected chi connectivity index (χ1v) is 8.25. The Hall–Kier alpha value is -0.570. The van der Waals surface area contributed by atoms with Crippen molar-refractivity contribution in [2.75, 3.05) is 13.7 Å². The van der Waals surface area contributed by atoms with E-state index in [0.29, 0.717) is 12.5 Å². The van der Waals surface area contributed by atoms with Crippen LogP contribution in [0.25, 0.3) is 0 Å². The van der Waals surface area contributed by atoms with Gasteiger partial charge in [0.25, 0.3) is 0 Å². The average Bonchev–Trinajstić information content (AvgIpc) is 2.49. The predicted octanol–water partition coefficient (Wildman–Crippen LogP) is 4.43. The highest BCUT2D eigenvalue weighted by molar-refractivity contribution is 5.72. The summed E-state index contributed by atoms with van der Waals surface area (Å²) in [5, 5.41) is 8.78. The molecule has 126 valence electrons. The van der Waals surface area contributed by atoms with Crippen LogP contribution in [0.2, 0.25) is 0 Å². The first kappa shape index (κ1) is 20.4. The third kappa shape index (κ3) is 7.85. The Morgan fingerprint density at radius 3 is 1.76 bits per heavy atom. The lowest BCUT2D eigenvalue weighted by Gasteiger charge is -2.23. The highest BCUT2D eigenvalue weighted by Crippen LogP contribution is 2.29. The van der Waals surface area contributed by atoms with Crippen molar-refractivity contribution in [2.24, 2.45) is 23.7 Å². The molecule has 0 aliphatic heterocycles. The minimum absolute atomic E-state index is 0. The molecule has 0 bridgehead atoms. The number of methoxy groups -OCH3 is 1. The molecule has 0 amide bonds. The highest BCUT2D eigenvalue weighted by Gasteiger charge is 2.24. The zero-order chi connectivity index (χ0) is 15.0. The molecule has 3 nitrogen and oxygen atoms in total. The second-order valence-corrected chi connectivity index (χ2v) is 6.79. The van der Waals surface area contributed by atoms with Gasteiger partial charge in [-0.05, 0) is 56.3 Å². The van der Waals surface area contributed by atoms with Gasteiger partial charge in [0.15, 0.2) is 0 Å². The van der Waals surface area contributed by atoms with E-state index >= 15 is 0 Å². The smallest absolute Gasteiger partial charge is 0.308 e. The van der Waals surface area contributed by atoms with Crippen molar-refractivity contribution in [1.29, 1.82) is 0 Å². The molecule has 2 saturated carbocycles. The van der Waals surface area contributed by atoms with Gasteiger partial charge in [-0.25, -0.2) is 0 Å². The van der Waals surface area contributed by atoms with Gasteiger partial charge in [0.1, 0.15) is 0 Å². The molecule has 2 fully saturated rings. The Kier molecular flexibility index (Phi) is 10.8. The number of aliphatic hydroxyl groups is 1. The fraction of sp³-hybridized carbons (Fsp3) is 0.944. The lowest BCUT2D eigenvalue weighted by molar-refractivity contribution is -0.146. The maximum absolute atomic E-state index is 11.1. The number of carbonyl (C=O) groups is 1. The van der Waals surface area contributed by atoms with Crippen LogP contribution in [0.1, 0.15) is 72.6 Å². The summed E-state index contributed by atoms with van der Waals surface area (Å²) in [7, 11) is 1.47. The number of carbonyl (C=O) groups excluding carboxylic acids is 1. The van der Waals surface area contributed by atoms with Crippen molar-refractivity contribution in [2.45, 2.75) is 72.6 Å². The maximum atomic E-state index is 11.1. The SMILES string of the molecule is C.CC1CCC(CO)CC1.COC(=O)C1CCC(C)CC1. The van der Waals surface area contributed by atoms with Gasteiger partial charge in [-0.1, -0.05) is 34.1 Å². The molecule has 2 aliphatic carbocycles. The van der Waals surface area contributed by atoms with Gasteiger partial charge in [0.2, 0.25) is 0 Å². The van der Waals surface area contributed by atoms with Gasteiger partial charge in [0, 0.05) is 6.61 Å². The van der Waals surface area contributed by atoms with Gasteiger partial charge in [-0.3, -0.25) is 4.79 Å². The van der Waals surface area contributed by atoms with Gasteiger partial charge >= 0.3 is 5.97 Å². The molecule has 1 N–H and O–H groups in total. The van der Waals surface area contributed by atoms with Crippen molar-refractivity contribution in [1.82, 2.24) is 0 Å². The van der Waals surface area contributed by atoms with Crippen molar-refractivity contribution >= 4 is 5.97 Å². The number of ether oxygens (including phenoxy) is 1. The maximum Gasteiger partial charge on any atom is 0.308 e. The van der Waals surface area contributed by atoms with Gasteiger partial charge in [-0.2, -0.15) is 0 Å². The van der Waals surface area contributed by atoms with Crippen molar-refractivity contribution in [3.8, 4) is 0 Å². The van der Waals surface area contributed by atoms with E-state index in [1.807, 2.05) is 0 Å². The first-order valence-electron chi connectivity index (χ1n) is 8.25. The number of hydrogen-bond acceptors (Lipinski definition) is 3. The summed E-state index contributed by atoms with van der Waals surface area (Å²) >= 11 is 0. The van der Waals surface area contributed by atoms with E-state index in [4.69, 9.17) is 5.11 Å². The molecular formula is C18H36O3. The predicted molar refractivity (Wildman–Crippen MR) is 88.1 cm³/mol. The van der Waals surface area contributed by atoms with Crippen LogP contribution >= 0.6 is 0 Å². The molecule has 0 radical (unpaired) electrons. The van der Waals surface area contributed by atoms with Crippen LogP contribution in [0, 0.1) is 23.7 Å². The monoisotopic (exact) mass is 300 g/mol. The molecule has 0 saturated heterocycles. The van der Waals surface area contributed by atoms with E-state index < -0.39 is 0 Å². The van der Waals surface area contributed by atoms with E-state index in [9.17, 15) is 4.79 Å². The Balaban J connectivity index is 0.000000370. The molecule has 0 aromatic heterocycles. The van der Waals surface area contributed by atoms with E-state index in [-0.39, 0.29) is 19.3 Å². The number of esters is 1. The summed E-state index contributed by atoms with van der Waals surface area (Å²) in [5.74, 6) is 2.51. The molecule has 21 heavy (non-hydrogen) atoms. The van der Waals surface area contributed by atoms with Crippen LogP contribution in [-0.2, 0) is 9.53 Å². The molecule has 0 atom stereocenters. The molecule has 2 rings (SSSR count). The van der Waals surface area contributed by atoms with Gasteiger partial charge < -0.3 is 9.84 Å². The van der Waals surface area contributed by atoms with Crippen LogP contribution in [0.15, 0.2) is 0 Å². The molecule has 0 unspecified atom stereocenters. The zero-order valence-electron chi connectivity index (χ0n) is 13.4. The molecule has 2 aliphatic rings. The van der Waals surface area contributed by atoms with E-state index in [2.05, 4.69) is 18.6 Å². The van der Waals surface area contributed by atoms with Crippen LogP contribution in [0.4, 0.5) is 0 Å². The summed E-state index contributed by atoms with van der Waals surface area (Å²) in [6, 6.07) is 0. The Morgan fingerprint density at radius 2 is 1.38 bits per heavy atom. The quantitative estimate of drug-likeness (QED) is 0.768. The normalized spacial score (nSPS) is 32.2. The largest absolute Gasteiger partial charge is 0.469 e. The lowest BCUT2D eigenvalue weighted by Crippen LogP contribution is -2.21. The fourth-order valence-corrected chi connectivity index (χ4v) is 3.17. The van der Waals surface area contributed by atoms with Crippen molar-refractivity contribution in [3.63, 3.8) is 0 Å². The van der Waals surface area contributed by atoms with Crippen LogP contribution < -0.4 is 0 Å². The van der Waals surface area contributed by atoms with Crippen molar-refractivity contribution in [3.05, 3.63) is 0 Å². The Bertz CT molecular complexity index is 262. The van der Waals surface area contributed by atoms with E-state index in [0.717, 1.165) is 24.7 Å². The van der Waals surface area contributed by atoms with Crippen LogP contribution in [0.5, 0.6) is 0 Å². The molecule has 3 heteroatoms. The topological polar surface area (TPSA) is 46.5 Å². The average molecular weight is 300 g/mol. The molecular weight excluding hydrogens is 264 g/mol. The second-order valence-electron chi connectivity index (χ2n) is 6.79. The van der Waals surface area contributed by atoms with Gasteiger partial charge in [-0.15, -0.1) is 0 Å². The standard InChI is InChI=1S/C9H16O2.C8H16O.CH4/c1-7-3-5-8(6-4-7)9(10)11-2;1-7-2-4-8(6-9)5-3-7;/h7-8H,3-6H2,1-2H3;7-9H,2-6H2,1H3;1H4. The van der Waals surface area contributed by atoms with Crippen LogP contribution in [-0.4, -0.2) is 24.8 Å². The number of aliphatic hydroxyl groups excluding tert-OH is 1. The Morgan fingerprint density at radius 1 is 0.952 bits per heavy atom.